The Labute approximate surface area is 132 Å². The molecule has 3 rings (SSSR count). The highest BCUT2D eigenvalue weighted by Crippen LogP contribution is 2.20. The molecule has 0 radical (unpaired) electrons. The number of nitrogens with one attached hydrogen (secondary N) is 1. The lowest BCUT2D eigenvalue weighted by Crippen LogP contribution is -2.46. The first kappa shape index (κ1) is 15.9. The van der Waals surface area contributed by atoms with Crippen molar-refractivity contribution in [2.24, 2.45) is 5.92 Å². The Hall–Kier alpha value is -1.01. The number of rotatable bonds is 5. The van der Waals surface area contributed by atoms with Crippen LogP contribution in [0.1, 0.15) is 25.5 Å². The monoisotopic (exact) mass is 305 g/mol. The Kier molecular flexibility index (Phi) is 5.41. The van der Waals surface area contributed by atoms with Crippen LogP contribution >= 0.6 is 0 Å². The summed E-state index contributed by atoms with van der Waals surface area (Å²) in [6, 6.07) is 5.87. The first-order chi connectivity index (χ1) is 10.7. The fourth-order valence-electron chi connectivity index (χ4n) is 3.26. The van der Waals surface area contributed by atoms with E-state index in [0.717, 1.165) is 31.2 Å². The molecule has 0 aliphatic carbocycles. The third-order valence-corrected chi connectivity index (χ3v) is 4.87. The minimum atomic E-state index is -0.442. The maximum Gasteiger partial charge on any atom is 0.0989 e. The van der Waals surface area contributed by atoms with Crippen molar-refractivity contribution in [1.82, 2.24) is 15.2 Å². The Bertz CT molecular complexity index is 448. The smallest absolute Gasteiger partial charge is 0.0989 e. The number of piperidine rings is 1. The van der Waals surface area contributed by atoms with Crippen LogP contribution in [0, 0.1) is 5.92 Å². The van der Waals surface area contributed by atoms with Crippen molar-refractivity contribution in [1.29, 1.82) is 0 Å². The van der Waals surface area contributed by atoms with E-state index in [1.54, 1.807) is 6.20 Å². The molecule has 2 aliphatic heterocycles. The number of pyridine rings is 1. The molecular weight excluding hydrogens is 278 g/mol. The molecule has 1 aromatic rings. The topological polar surface area (TPSA) is 57.6 Å². The van der Waals surface area contributed by atoms with E-state index < -0.39 is 6.10 Å². The molecule has 5 nitrogen and oxygen atoms in total. The van der Waals surface area contributed by atoms with Crippen LogP contribution in [-0.4, -0.2) is 59.5 Å². The van der Waals surface area contributed by atoms with Crippen LogP contribution in [-0.2, 0) is 11.3 Å². The van der Waals surface area contributed by atoms with Crippen LogP contribution in [0.25, 0.3) is 0 Å². The molecule has 3 unspecified atom stereocenters. The summed E-state index contributed by atoms with van der Waals surface area (Å²) >= 11 is 0. The van der Waals surface area contributed by atoms with Crippen LogP contribution in [0.15, 0.2) is 24.4 Å². The first-order valence-corrected chi connectivity index (χ1v) is 8.37. The van der Waals surface area contributed by atoms with Gasteiger partial charge in [-0.2, -0.15) is 0 Å². The van der Waals surface area contributed by atoms with E-state index in [4.69, 9.17) is 4.74 Å². The second-order valence-corrected chi connectivity index (χ2v) is 6.65. The molecule has 0 amide bonds. The van der Waals surface area contributed by atoms with E-state index in [9.17, 15) is 5.11 Å². The number of hydrogen-bond donors (Lipinski definition) is 2. The molecule has 0 spiro atoms. The van der Waals surface area contributed by atoms with Crippen LogP contribution in [0.4, 0.5) is 0 Å². The van der Waals surface area contributed by atoms with Gasteiger partial charge in [0.2, 0.25) is 0 Å². The molecular formula is C17H27N3O2. The molecule has 2 fully saturated rings. The Morgan fingerprint density at radius 3 is 2.91 bits per heavy atom. The van der Waals surface area contributed by atoms with Crippen LogP contribution in [0.5, 0.6) is 0 Å². The molecule has 122 valence electrons. The zero-order chi connectivity index (χ0) is 15.4. The van der Waals surface area contributed by atoms with Gasteiger partial charge in [-0.05, 0) is 44.0 Å². The fraction of sp³-hybridized carbons (Fsp3) is 0.706. The van der Waals surface area contributed by atoms with Crippen LogP contribution in [0.2, 0.25) is 0 Å². The third kappa shape index (κ3) is 4.04. The minimum absolute atomic E-state index is 0.00396. The van der Waals surface area contributed by atoms with Crippen molar-refractivity contribution < 1.29 is 9.84 Å². The summed E-state index contributed by atoms with van der Waals surface area (Å²) in [5.41, 5.74) is 0.989. The zero-order valence-electron chi connectivity index (χ0n) is 13.3. The van der Waals surface area contributed by atoms with Crippen LogP contribution < -0.4 is 5.32 Å². The number of ether oxygens (including phenoxy) is 1. The van der Waals surface area contributed by atoms with E-state index >= 15 is 0 Å². The van der Waals surface area contributed by atoms with Crippen molar-refractivity contribution >= 4 is 0 Å². The summed E-state index contributed by atoms with van der Waals surface area (Å²) in [5, 5.41) is 13.8. The summed E-state index contributed by atoms with van der Waals surface area (Å²) in [4.78, 5) is 6.72. The molecule has 22 heavy (non-hydrogen) atoms. The number of hydrogen-bond acceptors (Lipinski definition) is 5. The van der Waals surface area contributed by atoms with Gasteiger partial charge in [-0.25, -0.2) is 0 Å². The second-order valence-electron chi connectivity index (χ2n) is 6.65. The van der Waals surface area contributed by atoms with Crippen molar-refractivity contribution in [3.8, 4) is 0 Å². The summed E-state index contributed by atoms with van der Waals surface area (Å²) in [6.45, 7) is 6.65. The van der Waals surface area contributed by atoms with E-state index in [1.165, 1.54) is 12.8 Å². The molecule has 0 aromatic carbocycles. The predicted octanol–water partition coefficient (Wildman–Crippen LogP) is 1.03. The number of aromatic nitrogens is 1. The number of aliphatic hydroxyl groups is 1. The number of aliphatic hydroxyl groups excluding tert-OH is 1. The molecule has 2 N–H and O–H groups in total. The molecule has 0 bridgehead atoms. The van der Waals surface area contributed by atoms with Crippen LogP contribution in [0.3, 0.4) is 0 Å². The predicted molar refractivity (Wildman–Crippen MR) is 85.4 cm³/mol. The Morgan fingerprint density at radius 2 is 2.18 bits per heavy atom. The average Bonchev–Trinajstić information content (AvgIpc) is 2.89. The van der Waals surface area contributed by atoms with Gasteiger partial charge in [0.15, 0.2) is 0 Å². The quantitative estimate of drug-likeness (QED) is 0.851. The highest BCUT2D eigenvalue weighted by molar-refractivity contribution is 5.04. The normalized spacial score (nSPS) is 30.7. The standard InChI is InChI=1S/C17H27N3O2/c1-13-5-8-20(9-6-13)11-16-17(21)15(12-22-16)19-10-14-4-2-3-7-18-14/h2-4,7,13,15-17,19,21H,5-6,8-12H2,1H3. The van der Waals surface area contributed by atoms with E-state index in [-0.39, 0.29) is 12.1 Å². The summed E-state index contributed by atoms with van der Waals surface area (Å²) in [7, 11) is 0. The minimum Gasteiger partial charge on any atom is -0.389 e. The lowest BCUT2D eigenvalue weighted by molar-refractivity contribution is 0.00858. The molecule has 1 aromatic heterocycles. The summed E-state index contributed by atoms with van der Waals surface area (Å²) in [5.74, 6) is 0.832. The lowest BCUT2D eigenvalue weighted by atomic mass is 9.98. The van der Waals surface area contributed by atoms with Gasteiger partial charge in [0.05, 0.1) is 30.6 Å². The first-order valence-electron chi connectivity index (χ1n) is 8.37. The van der Waals surface area contributed by atoms with E-state index in [1.807, 2.05) is 18.2 Å². The number of nitrogens with zero attached hydrogens (tertiary/aromatic N) is 2. The van der Waals surface area contributed by atoms with Crippen molar-refractivity contribution in [3.63, 3.8) is 0 Å². The van der Waals surface area contributed by atoms with Gasteiger partial charge in [-0.1, -0.05) is 13.0 Å². The maximum atomic E-state index is 10.5. The molecule has 5 heteroatoms. The largest absolute Gasteiger partial charge is 0.389 e. The van der Waals surface area contributed by atoms with Gasteiger partial charge in [-0.15, -0.1) is 0 Å². The lowest BCUT2D eigenvalue weighted by Gasteiger charge is -2.32. The number of likely N-dealkylation sites (tertiary alicyclic amines) is 1. The van der Waals surface area contributed by atoms with Gasteiger partial charge in [0.25, 0.3) is 0 Å². The SMILES string of the molecule is CC1CCN(CC2OCC(NCc3ccccn3)C2O)CC1. The maximum absolute atomic E-state index is 10.5. The van der Waals surface area contributed by atoms with E-state index in [0.29, 0.717) is 13.2 Å². The third-order valence-electron chi connectivity index (χ3n) is 4.87. The molecule has 0 saturated carbocycles. The highest BCUT2D eigenvalue weighted by atomic mass is 16.5. The van der Waals surface area contributed by atoms with Crippen molar-refractivity contribution in [2.75, 3.05) is 26.2 Å². The Morgan fingerprint density at radius 1 is 1.36 bits per heavy atom. The Balaban J connectivity index is 1.44. The highest BCUT2D eigenvalue weighted by Gasteiger charge is 2.36. The van der Waals surface area contributed by atoms with E-state index in [2.05, 4.69) is 22.1 Å². The van der Waals surface area contributed by atoms with Gasteiger partial charge in [0.1, 0.15) is 0 Å². The van der Waals surface area contributed by atoms with Crippen molar-refractivity contribution in [2.45, 2.75) is 44.6 Å². The molecule has 3 heterocycles. The van der Waals surface area contributed by atoms with Crippen molar-refractivity contribution in [3.05, 3.63) is 30.1 Å². The van der Waals surface area contributed by atoms with Gasteiger partial charge < -0.3 is 20.1 Å². The molecule has 2 aliphatic rings. The zero-order valence-corrected chi connectivity index (χ0v) is 13.3. The average molecular weight is 305 g/mol. The second kappa shape index (κ2) is 7.51. The van der Waals surface area contributed by atoms with Gasteiger partial charge >= 0.3 is 0 Å². The molecule has 3 atom stereocenters. The van der Waals surface area contributed by atoms with Gasteiger partial charge in [-0.3, -0.25) is 4.98 Å². The molecule has 2 saturated heterocycles. The van der Waals surface area contributed by atoms with Gasteiger partial charge in [0, 0.05) is 19.3 Å². The summed E-state index contributed by atoms with van der Waals surface area (Å²) in [6.07, 6.45) is 3.78. The summed E-state index contributed by atoms with van der Waals surface area (Å²) < 4.78 is 5.82. The fourth-order valence-corrected chi connectivity index (χ4v) is 3.26.